The van der Waals surface area contributed by atoms with Gasteiger partial charge in [0.05, 0.1) is 6.17 Å². The van der Waals surface area contributed by atoms with Gasteiger partial charge in [0, 0.05) is 0 Å². The lowest BCUT2D eigenvalue weighted by Gasteiger charge is -2.37. The second-order valence-corrected chi connectivity index (χ2v) is 7.83. The highest BCUT2D eigenvalue weighted by Crippen LogP contribution is 2.13. The normalized spacial score (nSPS) is 13.1. The monoisotopic (exact) mass is 354 g/mol. The van der Waals surface area contributed by atoms with Crippen LogP contribution in [-0.2, 0) is 0 Å². The summed E-state index contributed by atoms with van der Waals surface area (Å²) in [7, 11) is 0. The Hall–Kier alpha value is -0.0800. The minimum Gasteiger partial charge on any atom is -0.288 e. The van der Waals surface area contributed by atoms with E-state index in [9.17, 15) is 0 Å². The van der Waals surface area contributed by atoms with Crippen molar-refractivity contribution >= 4 is 0 Å². The van der Waals surface area contributed by atoms with E-state index in [-0.39, 0.29) is 0 Å². The molecule has 0 aliphatic heterocycles. The van der Waals surface area contributed by atoms with E-state index in [1.165, 1.54) is 110 Å². The van der Waals surface area contributed by atoms with E-state index in [0.29, 0.717) is 6.17 Å². The molecule has 0 saturated carbocycles. The van der Waals surface area contributed by atoms with Gasteiger partial charge < -0.3 is 0 Å². The minimum absolute atomic E-state index is 0.608. The number of rotatable bonds is 19. The fraction of sp³-hybridized carbons (Fsp3) is 1.00. The van der Waals surface area contributed by atoms with Crippen LogP contribution in [0.15, 0.2) is 0 Å². The predicted molar refractivity (Wildman–Crippen MR) is 115 cm³/mol. The molecule has 0 aromatic heterocycles. The molecule has 0 aliphatic rings. The lowest BCUT2D eigenvalue weighted by molar-refractivity contribution is 0.0553. The summed E-state index contributed by atoms with van der Waals surface area (Å²) < 4.78 is 0. The van der Waals surface area contributed by atoms with Crippen LogP contribution in [0, 0.1) is 0 Å². The second-order valence-electron chi connectivity index (χ2n) is 7.83. The molecule has 1 atom stereocenters. The summed E-state index contributed by atoms with van der Waals surface area (Å²) in [6, 6.07) is 0. The second kappa shape index (κ2) is 18.7. The molecule has 0 aromatic rings. The molecule has 0 rings (SSSR count). The van der Waals surface area contributed by atoms with Gasteiger partial charge in [-0.25, -0.2) is 0 Å². The highest BCUT2D eigenvalue weighted by molar-refractivity contribution is 4.69. The van der Waals surface area contributed by atoms with Gasteiger partial charge in [0.1, 0.15) is 0 Å². The first-order valence-corrected chi connectivity index (χ1v) is 11.7. The average molecular weight is 355 g/mol. The molecule has 0 aliphatic carbocycles. The Kier molecular flexibility index (Phi) is 18.6. The molecule has 1 unspecified atom stereocenters. The van der Waals surface area contributed by atoms with Crippen molar-refractivity contribution in [1.29, 1.82) is 0 Å². The van der Waals surface area contributed by atoms with E-state index in [2.05, 4.69) is 44.4 Å². The Bertz CT molecular complexity index is 254. The fourth-order valence-corrected chi connectivity index (χ4v) is 3.80. The summed E-state index contributed by atoms with van der Waals surface area (Å²) in [5.41, 5.74) is 0. The lowest BCUT2D eigenvalue weighted by Crippen LogP contribution is -2.47. The summed E-state index contributed by atoms with van der Waals surface area (Å²) >= 11 is 0. The van der Waals surface area contributed by atoms with Gasteiger partial charge in [0.25, 0.3) is 0 Å². The summed E-state index contributed by atoms with van der Waals surface area (Å²) in [4.78, 5) is 5.43. The van der Waals surface area contributed by atoms with Crippen molar-refractivity contribution in [2.45, 2.75) is 124 Å². The van der Waals surface area contributed by atoms with Crippen LogP contribution in [0.25, 0.3) is 0 Å². The van der Waals surface area contributed by atoms with Crippen molar-refractivity contribution in [2.75, 3.05) is 26.2 Å². The minimum atomic E-state index is 0.608. The molecule has 0 fully saturated rings. The zero-order chi connectivity index (χ0) is 18.8. The number of nitrogens with zero attached hydrogens (tertiary/aromatic N) is 2. The van der Waals surface area contributed by atoms with Crippen molar-refractivity contribution in [2.24, 2.45) is 0 Å². The van der Waals surface area contributed by atoms with E-state index >= 15 is 0 Å². The Balaban J connectivity index is 4.21. The standard InChI is InChI=1S/C23H50N2/c1-6-10-12-14-15-17-19-22-25(21-18-16-13-11-7-2)23(5)24(9-4)20-8-3/h23H,6-22H2,1-5H3. The highest BCUT2D eigenvalue weighted by Gasteiger charge is 2.18. The SMILES string of the molecule is CCCCCCCCCN(CCCCCCC)C(C)N(CC)CCC. The molecule has 2 nitrogen and oxygen atoms in total. The van der Waals surface area contributed by atoms with Crippen LogP contribution in [0.5, 0.6) is 0 Å². The van der Waals surface area contributed by atoms with E-state index in [1.54, 1.807) is 0 Å². The molecule has 0 saturated heterocycles. The predicted octanol–water partition coefficient (Wildman–Crippen LogP) is 7.09. The van der Waals surface area contributed by atoms with Crippen molar-refractivity contribution in [3.8, 4) is 0 Å². The molecule has 0 N–H and O–H groups in total. The molecule has 0 heterocycles. The van der Waals surface area contributed by atoms with Gasteiger partial charge >= 0.3 is 0 Å². The third kappa shape index (κ3) is 13.7. The first-order chi connectivity index (χ1) is 12.2. The van der Waals surface area contributed by atoms with Crippen LogP contribution >= 0.6 is 0 Å². The highest BCUT2D eigenvalue weighted by atomic mass is 15.3. The number of hydrogen-bond acceptors (Lipinski definition) is 2. The third-order valence-electron chi connectivity index (χ3n) is 5.57. The molecule has 0 bridgehead atoms. The van der Waals surface area contributed by atoms with Gasteiger partial charge in [0.2, 0.25) is 0 Å². The quantitative estimate of drug-likeness (QED) is 0.180. The van der Waals surface area contributed by atoms with E-state index in [1.807, 2.05) is 0 Å². The number of hydrogen-bond donors (Lipinski definition) is 0. The van der Waals surface area contributed by atoms with Crippen molar-refractivity contribution < 1.29 is 0 Å². The van der Waals surface area contributed by atoms with Crippen LogP contribution in [0.4, 0.5) is 0 Å². The Morgan fingerprint density at radius 3 is 1.32 bits per heavy atom. The maximum atomic E-state index is 2.77. The van der Waals surface area contributed by atoms with Gasteiger partial charge in [-0.2, -0.15) is 0 Å². The van der Waals surface area contributed by atoms with Crippen molar-refractivity contribution in [1.82, 2.24) is 9.80 Å². The number of unbranched alkanes of at least 4 members (excludes halogenated alkanes) is 10. The molecule has 2 heteroatoms. The molecular weight excluding hydrogens is 304 g/mol. The maximum Gasteiger partial charge on any atom is 0.0593 e. The van der Waals surface area contributed by atoms with Gasteiger partial charge in [-0.3, -0.25) is 9.80 Å². The van der Waals surface area contributed by atoms with E-state index in [4.69, 9.17) is 0 Å². The first-order valence-electron chi connectivity index (χ1n) is 11.7. The molecule has 0 aromatic carbocycles. The summed E-state index contributed by atoms with van der Waals surface area (Å²) in [6.45, 7) is 16.7. The molecule has 152 valence electrons. The molecule has 0 amide bonds. The van der Waals surface area contributed by atoms with E-state index in [0.717, 1.165) is 0 Å². The van der Waals surface area contributed by atoms with E-state index < -0.39 is 0 Å². The van der Waals surface area contributed by atoms with Gasteiger partial charge in [-0.15, -0.1) is 0 Å². The summed E-state index contributed by atoms with van der Waals surface area (Å²) in [5.74, 6) is 0. The van der Waals surface area contributed by atoms with Crippen LogP contribution < -0.4 is 0 Å². The van der Waals surface area contributed by atoms with Crippen LogP contribution in [0.2, 0.25) is 0 Å². The van der Waals surface area contributed by atoms with Gasteiger partial charge in [-0.1, -0.05) is 91.9 Å². The molecule has 0 radical (unpaired) electrons. The van der Waals surface area contributed by atoms with Crippen molar-refractivity contribution in [3.63, 3.8) is 0 Å². The fourth-order valence-electron chi connectivity index (χ4n) is 3.80. The third-order valence-corrected chi connectivity index (χ3v) is 5.57. The lowest BCUT2D eigenvalue weighted by atomic mass is 10.1. The topological polar surface area (TPSA) is 6.48 Å². The Morgan fingerprint density at radius 2 is 0.920 bits per heavy atom. The largest absolute Gasteiger partial charge is 0.288 e. The Labute approximate surface area is 160 Å². The molecule has 0 spiro atoms. The van der Waals surface area contributed by atoms with Crippen molar-refractivity contribution in [3.05, 3.63) is 0 Å². The van der Waals surface area contributed by atoms with Gasteiger partial charge in [-0.05, 0) is 52.4 Å². The average Bonchev–Trinajstić information content (AvgIpc) is 2.63. The summed E-state index contributed by atoms with van der Waals surface area (Å²) in [5, 5.41) is 0. The summed E-state index contributed by atoms with van der Waals surface area (Å²) in [6.07, 6.45) is 18.7. The smallest absolute Gasteiger partial charge is 0.0593 e. The molecular formula is C23H50N2. The van der Waals surface area contributed by atoms with Crippen LogP contribution in [0.3, 0.4) is 0 Å². The zero-order valence-corrected chi connectivity index (χ0v) is 18.5. The van der Waals surface area contributed by atoms with Crippen LogP contribution in [-0.4, -0.2) is 42.1 Å². The zero-order valence-electron chi connectivity index (χ0n) is 18.5. The van der Waals surface area contributed by atoms with Crippen LogP contribution in [0.1, 0.15) is 118 Å². The molecule has 25 heavy (non-hydrogen) atoms. The maximum absolute atomic E-state index is 2.77. The first kappa shape index (κ1) is 24.9. The van der Waals surface area contributed by atoms with Gasteiger partial charge in [0.15, 0.2) is 0 Å². The Morgan fingerprint density at radius 1 is 0.480 bits per heavy atom.